The van der Waals surface area contributed by atoms with Gasteiger partial charge in [0, 0.05) is 6.04 Å². The van der Waals surface area contributed by atoms with E-state index in [1.54, 1.807) is 7.11 Å². The fourth-order valence-corrected chi connectivity index (χ4v) is 3.23. The maximum Gasteiger partial charge on any atom is 0.233 e. The third-order valence-electron chi connectivity index (χ3n) is 4.31. The van der Waals surface area contributed by atoms with Gasteiger partial charge in [-0.25, -0.2) is 0 Å². The molecule has 3 nitrogen and oxygen atoms in total. The molecule has 0 spiro atoms. The van der Waals surface area contributed by atoms with Crippen LogP contribution in [-0.4, -0.2) is 24.0 Å². The minimum atomic E-state index is -0.0861. The Morgan fingerprint density at radius 1 is 0.955 bits per heavy atom. The van der Waals surface area contributed by atoms with Gasteiger partial charge in [0.25, 0.3) is 0 Å². The molecule has 0 saturated carbocycles. The first-order valence-corrected chi connectivity index (χ1v) is 7.64. The summed E-state index contributed by atoms with van der Waals surface area (Å²) >= 11 is 0. The number of rotatable bonds is 4. The number of hydrogen-bond donors (Lipinski definition) is 0. The molecular formula is C19H21NO2. The number of amides is 1. The van der Waals surface area contributed by atoms with E-state index in [9.17, 15) is 4.79 Å². The molecule has 2 atom stereocenters. The van der Waals surface area contributed by atoms with Gasteiger partial charge in [-0.1, -0.05) is 42.5 Å². The van der Waals surface area contributed by atoms with Gasteiger partial charge < -0.3 is 9.64 Å². The van der Waals surface area contributed by atoms with Crippen molar-refractivity contribution >= 4 is 5.91 Å². The van der Waals surface area contributed by atoms with Gasteiger partial charge in [0.1, 0.15) is 5.75 Å². The van der Waals surface area contributed by atoms with Crippen LogP contribution in [0.1, 0.15) is 36.9 Å². The van der Waals surface area contributed by atoms with E-state index in [1.165, 1.54) is 0 Å². The van der Waals surface area contributed by atoms with Gasteiger partial charge in [0.05, 0.1) is 19.1 Å². The van der Waals surface area contributed by atoms with E-state index in [0.29, 0.717) is 0 Å². The predicted octanol–water partition coefficient (Wildman–Crippen LogP) is 3.77. The van der Waals surface area contributed by atoms with E-state index in [1.807, 2.05) is 47.4 Å². The summed E-state index contributed by atoms with van der Waals surface area (Å²) in [7, 11) is 1.66. The van der Waals surface area contributed by atoms with E-state index >= 15 is 0 Å². The Morgan fingerprint density at radius 3 is 2.14 bits per heavy atom. The molecule has 0 bridgehead atoms. The Kier molecular flexibility index (Phi) is 3.88. The summed E-state index contributed by atoms with van der Waals surface area (Å²) in [6.07, 6.45) is 0. The Hall–Kier alpha value is -2.29. The Bertz CT molecular complexity index is 649. The summed E-state index contributed by atoms with van der Waals surface area (Å²) in [6, 6.07) is 18.4. The lowest BCUT2D eigenvalue weighted by atomic mass is 9.77. The molecule has 114 valence electrons. The second kappa shape index (κ2) is 5.84. The van der Waals surface area contributed by atoms with Crippen LogP contribution >= 0.6 is 0 Å². The number of methoxy groups -OCH3 is 1. The summed E-state index contributed by atoms with van der Waals surface area (Å²) in [6.45, 7) is 4.13. The topological polar surface area (TPSA) is 29.5 Å². The zero-order valence-corrected chi connectivity index (χ0v) is 13.2. The van der Waals surface area contributed by atoms with Crippen LogP contribution < -0.4 is 4.74 Å². The molecule has 0 unspecified atom stereocenters. The maximum atomic E-state index is 12.6. The molecule has 0 aromatic heterocycles. The van der Waals surface area contributed by atoms with Crippen LogP contribution in [-0.2, 0) is 4.79 Å². The van der Waals surface area contributed by atoms with Crippen LogP contribution in [0.5, 0.6) is 5.75 Å². The minimum Gasteiger partial charge on any atom is -0.497 e. The highest BCUT2D eigenvalue weighted by Crippen LogP contribution is 2.47. The van der Waals surface area contributed by atoms with Gasteiger partial charge in [-0.15, -0.1) is 0 Å². The summed E-state index contributed by atoms with van der Waals surface area (Å²) in [5.74, 6) is 0.959. The smallest absolute Gasteiger partial charge is 0.233 e. The predicted molar refractivity (Wildman–Crippen MR) is 86.9 cm³/mol. The monoisotopic (exact) mass is 295 g/mol. The molecule has 3 heteroatoms. The molecule has 0 radical (unpaired) electrons. The molecule has 0 aliphatic carbocycles. The zero-order chi connectivity index (χ0) is 15.7. The lowest BCUT2D eigenvalue weighted by Crippen LogP contribution is -2.56. The van der Waals surface area contributed by atoms with Crippen LogP contribution in [0.15, 0.2) is 54.6 Å². The average Bonchev–Trinajstić information content (AvgIpc) is 2.53. The van der Waals surface area contributed by atoms with Gasteiger partial charge in [0.2, 0.25) is 5.91 Å². The molecule has 1 aliphatic heterocycles. The molecule has 1 aliphatic rings. The van der Waals surface area contributed by atoms with Crippen molar-refractivity contribution in [2.75, 3.05) is 7.11 Å². The van der Waals surface area contributed by atoms with E-state index < -0.39 is 0 Å². The number of nitrogens with zero attached hydrogens (tertiary/aromatic N) is 1. The standard InChI is InChI=1S/C19H21NO2/c1-13(2)20-18(15-9-11-16(22-3)12-10-15)17(19(20)21)14-7-5-4-6-8-14/h4-13,17-18H,1-3H3/t17-,18+/m0/s1. The van der Waals surface area contributed by atoms with Crippen LogP contribution in [0.3, 0.4) is 0 Å². The van der Waals surface area contributed by atoms with Crippen LogP contribution in [0.25, 0.3) is 0 Å². The Labute approximate surface area is 131 Å². The highest BCUT2D eigenvalue weighted by Gasteiger charge is 2.49. The van der Waals surface area contributed by atoms with Crippen LogP contribution in [0.2, 0.25) is 0 Å². The van der Waals surface area contributed by atoms with Gasteiger partial charge in [0.15, 0.2) is 0 Å². The fourth-order valence-electron chi connectivity index (χ4n) is 3.23. The quantitative estimate of drug-likeness (QED) is 0.804. The molecule has 22 heavy (non-hydrogen) atoms. The van der Waals surface area contributed by atoms with E-state index in [-0.39, 0.29) is 23.9 Å². The molecule has 2 aromatic carbocycles. The van der Waals surface area contributed by atoms with Crippen LogP contribution in [0, 0.1) is 0 Å². The summed E-state index contributed by atoms with van der Waals surface area (Å²) < 4.78 is 5.23. The van der Waals surface area contributed by atoms with E-state index in [2.05, 4.69) is 26.0 Å². The van der Waals surface area contributed by atoms with Gasteiger partial charge >= 0.3 is 0 Å². The van der Waals surface area contributed by atoms with Crippen molar-refractivity contribution in [3.05, 3.63) is 65.7 Å². The minimum absolute atomic E-state index is 0.0861. The average molecular weight is 295 g/mol. The third-order valence-corrected chi connectivity index (χ3v) is 4.31. The van der Waals surface area contributed by atoms with Crippen molar-refractivity contribution in [2.24, 2.45) is 0 Å². The fraction of sp³-hybridized carbons (Fsp3) is 0.316. The van der Waals surface area contributed by atoms with Crippen LogP contribution in [0.4, 0.5) is 0 Å². The molecule has 0 N–H and O–H groups in total. The first-order chi connectivity index (χ1) is 10.6. The van der Waals surface area contributed by atoms with Crippen molar-refractivity contribution in [3.63, 3.8) is 0 Å². The lowest BCUT2D eigenvalue weighted by Gasteiger charge is -2.50. The second-order valence-corrected chi connectivity index (χ2v) is 5.95. The number of carbonyl (C=O) groups is 1. The first kappa shape index (κ1) is 14.6. The molecule has 1 fully saturated rings. The first-order valence-electron chi connectivity index (χ1n) is 7.64. The molecular weight excluding hydrogens is 274 g/mol. The van der Waals surface area contributed by atoms with Gasteiger partial charge in [-0.05, 0) is 37.1 Å². The van der Waals surface area contributed by atoms with Gasteiger partial charge in [-0.3, -0.25) is 4.79 Å². The summed E-state index contributed by atoms with van der Waals surface area (Å²) in [5.41, 5.74) is 2.24. The number of ether oxygens (including phenoxy) is 1. The summed E-state index contributed by atoms with van der Waals surface area (Å²) in [5, 5.41) is 0. The summed E-state index contributed by atoms with van der Waals surface area (Å²) in [4.78, 5) is 14.6. The highest BCUT2D eigenvalue weighted by molar-refractivity contribution is 5.91. The SMILES string of the molecule is COc1ccc([C@@H]2[C@H](c3ccccc3)C(=O)N2C(C)C)cc1. The third kappa shape index (κ3) is 2.37. The Balaban J connectivity index is 1.97. The number of hydrogen-bond acceptors (Lipinski definition) is 2. The number of benzene rings is 2. The Morgan fingerprint density at radius 2 is 1.59 bits per heavy atom. The molecule has 1 amide bonds. The van der Waals surface area contributed by atoms with E-state index in [0.717, 1.165) is 16.9 Å². The number of β-lactam (4-membered cyclic amide) rings is 1. The second-order valence-electron chi connectivity index (χ2n) is 5.95. The molecule has 3 rings (SSSR count). The van der Waals surface area contributed by atoms with Crippen molar-refractivity contribution in [2.45, 2.75) is 31.8 Å². The van der Waals surface area contributed by atoms with Crippen molar-refractivity contribution in [1.82, 2.24) is 4.90 Å². The zero-order valence-electron chi connectivity index (χ0n) is 13.2. The van der Waals surface area contributed by atoms with E-state index in [4.69, 9.17) is 4.74 Å². The van der Waals surface area contributed by atoms with Crippen molar-refractivity contribution in [1.29, 1.82) is 0 Å². The van der Waals surface area contributed by atoms with Gasteiger partial charge in [-0.2, -0.15) is 0 Å². The number of likely N-dealkylation sites (tertiary alicyclic amines) is 1. The highest BCUT2D eigenvalue weighted by atomic mass is 16.5. The molecule has 1 heterocycles. The van der Waals surface area contributed by atoms with Crippen molar-refractivity contribution < 1.29 is 9.53 Å². The lowest BCUT2D eigenvalue weighted by molar-refractivity contribution is -0.153. The molecule has 1 saturated heterocycles. The number of carbonyl (C=O) groups excluding carboxylic acids is 1. The maximum absolute atomic E-state index is 12.6. The normalized spacial score (nSPS) is 20.9. The van der Waals surface area contributed by atoms with Crippen molar-refractivity contribution in [3.8, 4) is 5.75 Å². The largest absolute Gasteiger partial charge is 0.497 e. The molecule has 2 aromatic rings.